The van der Waals surface area contributed by atoms with E-state index in [4.69, 9.17) is 4.74 Å². The molecule has 0 saturated heterocycles. The number of aliphatic imine (C=N–C) groups is 1. The van der Waals surface area contributed by atoms with E-state index in [-0.39, 0.29) is 17.3 Å². The van der Waals surface area contributed by atoms with E-state index >= 15 is 0 Å². The summed E-state index contributed by atoms with van der Waals surface area (Å²) in [5.41, 5.74) is 0.940. The first-order valence-electron chi connectivity index (χ1n) is 8.11. The number of ether oxygens (including phenoxy) is 1. The van der Waals surface area contributed by atoms with Crippen LogP contribution in [0.4, 0.5) is 0 Å². The Hall–Kier alpha value is -2.72. The lowest BCUT2D eigenvalue weighted by molar-refractivity contribution is -0.145. The fraction of sp³-hybridized carbons (Fsp3) is 0.167. The number of hydrogen-bond donors (Lipinski definition) is 2. The molecule has 0 bridgehead atoms. The van der Waals surface area contributed by atoms with Gasteiger partial charge in [0.25, 0.3) is 10.0 Å². The van der Waals surface area contributed by atoms with E-state index in [1.165, 1.54) is 13.2 Å². The molecule has 2 N–H and O–H groups in total. The minimum atomic E-state index is -3.68. The molecule has 1 unspecified atom stereocenters. The molecular weight excluding hydrogens is 450 g/mol. The van der Waals surface area contributed by atoms with Crippen molar-refractivity contribution in [3.8, 4) is 0 Å². The minimum absolute atomic E-state index is 0.0870. The second-order valence-electron chi connectivity index (χ2n) is 5.84. The second kappa shape index (κ2) is 8.11. The highest BCUT2D eigenvalue weighted by Crippen LogP contribution is 2.22. The number of nitrogens with one attached hydrogen (secondary N) is 2. The number of hydrogen-bond acceptors (Lipinski definition) is 6. The van der Waals surface area contributed by atoms with Crippen LogP contribution >= 0.6 is 15.9 Å². The van der Waals surface area contributed by atoms with Crippen molar-refractivity contribution in [3.63, 3.8) is 0 Å². The molecule has 0 spiro atoms. The number of nitrogens with zero attached hydrogens (tertiary/aromatic N) is 1. The lowest BCUT2D eigenvalue weighted by Gasteiger charge is -2.16. The topological polar surface area (TPSA) is 114 Å². The van der Waals surface area contributed by atoms with Gasteiger partial charge in [-0.3, -0.25) is 14.5 Å². The Kier molecular flexibility index (Phi) is 5.80. The number of sulfonamides is 1. The molecule has 1 aliphatic rings. The van der Waals surface area contributed by atoms with Crippen LogP contribution in [-0.4, -0.2) is 39.8 Å². The molecule has 28 heavy (non-hydrogen) atoms. The molecule has 0 aromatic heterocycles. The molecule has 0 aliphatic carbocycles. The maximum atomic E-state index is 12.3. The normalized spacial score (nSPS) is 16.7. The van der Waals surface area contributed by atoms with Gasteiger partial charge in [0.1, 0.15) is 12.4 Å². The number of fused-ring (bicyclic) bond motifs is 1. The van der Waals surface area contributed by atoms with Gasteiger partial charge in [-0.15, -0.1) is 0 Å². The summed E-state index contributed by atoms with van der Waals surface area (Å²) >= 11 is 3.31. The Morgan fingerprint density at radius 1 is 1.18 bits per heavy atom. The largest absolute Gasteiger partial charge is 0.467 e. The van der Waals surface area contributed by atoms with Crippen LogP contribution < -0.4 is 10.0 Å². The van der Waals surface area contributed by atoms with Crippen molar-refractivity contribution in [2.45, 2.75) is 10.9 Å². The second-order valence-corrected chi connectivity index (χ2v) is 8.41. The van der Waals surface area contributed by atoms with Gasteiger partial charge in [0.2, 0.25) is 5.91 Å². The van der Waals surface area contributed by atoms with Crippen LogP contribution in [0.3, 0.4) is 0 Å². The predicted octanol–water partition coefficient (Wildman–Crippen LogP) is 1.52. The smallest absolute Gasteiger partial charge is 0.333 e. The van der Waals surface area contributed by atoms with Gasteiger partial charge in [-0.1, -0.05) is 40.2 Å². The highest BCUT2D eigenvalue weighted by Gasteiger charge is 2.30. The van der Waals surface area contributed by atoms with E-state index in [1.54, 1.807) is 42.5 Å². The van der Waals surface area contributed by atoms with Crippen LogP contribution in [0.25, 0.3) is 0 Å². The molecule has 2 aromatic carbocycles. The zero-order valence-corrected chi connectivity index (χ0v) is 17.1. The Labute approximate surface area is 170 Å². The Morgan fingerprint density at radius 2 is 1.86 bits per heavy atom. The Bertz CT molecular complexity index is 1050. The average Bonchev–Trinajstić information content (AvgIpc) is 2.95. The number of benzene rings is 2. The van der Waals surface area contributed by atoms with Crippen LogP contribution in [0, 0.1) is 0 Å². The van der Waals surface area contributed by atoms with Crippen LogP contribution in [0.15, 0.2) is 62.9 Å². The molecule has 1 amide bonds. The molecular formula is C18H16BrN3O5S. The number of carbonyl (C=O) groups excluding carboxylic acids is 2. The van der Waals surface area contributed by atoms with Crippen LogP contribution in [0.1, 0.15) is 17.2 Å². The van der Waals surface area contributed by atoms with Crippen LogP contribution in [0.5, 0.6) is 0 Å². The molecule has 0 fully saturated rings. The van der Waals surface area contributed by atoms with Crippen molar-refractivity contribution < 1.29 is 22.7 Å². The number of amides is 1. The zero-order valence-electron chi connectivity index (χ0n) is 14.7. The summed E-state index contributed by atoms with van der Waals surface area (Å²) in [5.74, 6) is -1.10. The van der Waals surface area contributed by atoms with Crippen molar-refractivity contribution in [1.29, 1.82) is 0 Å². The number of carbonyl (C=O) groups is 2. The third-order valence-corrected chi connectivity index (χ3v) is 5.91. The van der Waals surface area contributed by atoms with E-state index in [9.17, 15) is 18.0 Å². The summed E-state index contributed by atoms with van der Waals surface area (Å²) in [5, 5.41) is 2.56. The van der Waals surface area contributed by atoms with Crippen LogP contribution in [-0.2, 0) is 24.3 Å². The van der Waals surface area contributed by atoms with Crippen molar-refractivity contribution >= 4 is 43.7 Å². The van der Waals surface area contributed by atoms with Gasteiger partial charge in [-0.25, -0.2) is 13.2 Å². The van der Waals surface area contributed by atoms with Crippen LogP contribution in [0.2, 0.25) is 0 Å². The first-order valence-corrected chi connectivity index (χ1v) is 10.4. The summed E-state index contributed by atoms with van der Waals surface area (Å²) in [6.45, 7) is -0.365. The molecule has 0 saturated carbocycles. The fourth-order valence-electron chi connectivity index (χ4n) is 2.66. The number of rotatable bonds is 5. The van der Waals surface area contributed by atoms with E-state index in [2.05, 4.69) is 31.0 Å². The maximum absolute atomic E-state index is 12.3. The van der Waals surface area contributed by atoms with Gasteiger partial charge >= 0.3 is 5.97 Å². The molecule has 8 nitrogen and oxygen atoms in total. The molecule has 0 radical (unpaired) electrons. The van der Waals surface area contributed by atoms with Gasteiger partial charge in [0.15, 0.2) is 6.04 Å². The lowest BCUT2D eigenvalue weighted by Crippen LogP contribution is -2.36. The maximum Gasteiger partial charge on any atom is 0.333 e. The van der Waals surface area contributed by atoms with E-state index in [0.717, 1.165) is 4.47 Å². The third-order valence-electron chi connectivity index (χ3n) is 3.99. The highest BCUT2D eigenvalue weighted by molar-refractivity contribution is 9.10. The van der Waals surface area contributed by atoms with Gasteiger partial charge in [-0.05, 0) is 29.8 Å². The van der Waals surface area contributed by atoms with E-state index < -0.39 is 27.9 Å². The monoisotopic (exact) mass is 465 g/mol. The van der Waals surface area contributed by atoms with Crippen molar-refractivity contribution in [2.75, 3.05) is 13.7 Å². The molecule has 3 rings (SSSR count). The van der Waals surface area contributed by atoms with Gasteiger partial charge in [-0.2, -0.15) is 0 Å². The molecule has 2 aromatic rings. The van der Waals surface area contributed by atoms with E-state index in [0.29, 0.717) is 11.1 Å². The van der Waals surface area contributed by atoms with Gasteiger partial charge in [0.05, 0.1) is 12.0 Å². The average molecular weight is 466 g/mol. The Morgan fingerprint density at radius 3 is 2.54 bits per heavy atom. The van der Waals surface area contributed by atoms with Crippen molar-refractivity contribution in [2.24, 2.45) is 4.99 Å². The molecule has 10 heteroatoms. The SMILES string of the molecule is COC(=O)C(NC(=O)CN=C1NS(=O)(=O)c2ccccc21)c1ccc(Br)cc1. The summed E-state index contributed by atoms with van der Waals surface area (Å²) in [7, 11) is -2.45. The predicted molar refractivity (Wildman–Crippen MR) is 105 cm³/mol. The highest BCUT2D eigenvalue weighted by atomic mass is 79.9. The van der Waals surface area contributed by atoms with E-state index in [1.807, 2.05) is 0 Å². The Balaban J connectivity index is 1.76. The standard InChI is InChI=1S/C18H16BrN3O5S/c1-27-18(24)16(11-6-8-12(19)9-7-11)21-15(23)10-20-17-13-4-2-3-5-14(13)28(25,26)22-17/h2-9,16H,10H2,1H3,(H,20,22)(H,21,23). The first-order chi connectivity index (χ1) is 13.3. The summed E-state index contributed by atoms with van der Waals surface area (Å²) in [4.78, 5) is 28.6. The van der Waals surface area contributed by atoms with Crippen molar-refractivity contribution in [1.82, 2.24) is 10.0 Å². The quantitative estimate of drug-likeness (QED) is 0.649. The number of amidine groups is 1. The zero-order chi connectivity index (χ0) is 20.3. The number of methoxy groups -OCH3 is 1. The van der Waals surface area contributed by atoms with Gasteiger partial charge < -0.3 is 10.1 Å². The first kappa shape index (κ1) is 20.0. The minimum Gasteiger partial charge on any atom is -0.467 e. The molecule has 1 heterocycles. The van der Waals surface area contributed by atoms with Gasteiger partial charge in [0, 0.05) is 10.0 Å². The third kappa shape index (κ3) is 4.23. The number of halogens is 1. The fourth-order valence-corrected chi connectivity index (χ4v) is 4.18. The summed E-state index contributed by atoms with van der Waals surface area (Å²) in [6.07, 6.45) is 0. The molecule has 146 valence electrons. The molecule has 1 atom stereocenters. The number of esters is 1. The summed E-state index contributed by atoms with van der Waals surface area (Å²) in [6, 6.07) is 12.2. The molecule has 1 aliphatic heterocycles. The lowest BCUT2D eigenvalue weighted by atomic mass is 10.1. The summed E-state index contributed by atoms with van der Waals surface area (Å²) < 4.78 is 32.0. The van der Waals surface area contributed by atoms with Crippen molar-refractivity contribution in [3.05, 3.63) is 64.1 Å².